The summed E-state index contributed by atoms with van der Waals surface area (Å²) < 4.78 is 158. The molecule has 2 atom stereocenters. The van der Waals surface area contributed by atoms with Gasteiger partial charge in [0.25, 0.3) is 20.0 Å². The van der Waals surface area contributed by atoms with E-state index in [0.29, 0.717) is 89.2 Å². The number of halogens is 6. The second kappa shape index (κ2) is 27.8. The molecule has 0 aliphatic rings. The Morgan fingerprint density at radius 2 is 0.898 bits per heavy atom. The van der Waals surface area contributed by atoms with Crippen molar-refractivity contribution in [3.63, 3.8) is 0 Å². The van der Waals surface area contributed by atoms with E-state index in [2.05, 4.69) is 51.4 Å². The normalized spacial score (nSPS) is 13.2. The van der Waals surface area contributed by atoms with Gasteiger partial charge in [0.05, 0.1) is 66.2 Å². The maximum absolute atomic E-state index is 14.2. The second-order valence-electron chi connectivity index (χ2n) is 27.0. The summed E-state index contributed by atoms with van der Waals surface area (Å²) in [4.78, 5) is 36.8. The van der Waals surface area contributed by atoms with Crippen LogP contribution < -0.4 is 0 Å². The maximum atomic E-state index is 14.2. The minimum absolute atomic E-state index is 0.0450. The van der Waals surface area contributed by atoms with Crippen molar-refractivity contribution in [1.29, 1.82) is 10.5 Å². The van der Waals surface area contributed by atoms with Gasteiger partial charge in [0, 0.05) is 66.6 Å². The van der Waals surface area contributed by atoms with Gasteiger partial charge in [-0.2, -0.15) is 36.9 Å². The molecule has 98 heavy (non-hydrogen) atoms. The van der Waals surface area contributed by atoms with Gasteiger partial charge < -0.3 is 28.4 Å². The van der Waals surface area contributed by atoms with E-state index in [4.69, 9.17) is 19.4 Å². The number of rotatable bonds is 20. The number of nitriles is 2. The number of amides is 2. The van der Waals surface area contributed by atoms with Gasteiger partial charge >= 0.3 is 24.2 Å². The summed E-state index contributed by atoms with van der Waals surface area (Å²) in [5, 5.41) is 19.9. The van der Waals surface area contributed by atoms with Crippen molar-refractivity contribution in [3.05, 3.63) is 189 Å². The Kier molecular flexibility index (Phi) is 20.8. The van der Waals surface area contributed by atoms with Crippen LogP contribution in [0.1, 0.15) is 79.4 Å². The zero-order valence-electron chi connectivity index (χ0n) is 56.8. The molecule has 0 aliphatic carbocycles. The molecule has 0 fully saturated rings. The number of hydrogen-bond donors (Lipinski definition) is 0. The molecule has 0 saturated carbocycles. The van der Waals surface area contributed by atoms with Crippen molar-refractivity contribution in [2.45, 2.75) is 141 Å². The highest BCUT2D eigenvalue weighted by molar-refractivity contribution is 7.90. The summed E-state index contributed by atoms with van der Waals surface area (Å²) in [6, 6.07) is 31.7. The Morgan fingerprint density at radius 1 is 0.520 bits per heavy atom. The number of imidazole rings is 2. The number of carbonyl (C=O) groups is 2. The zero-order chi connectivity index (χ0) is 72.1. The monoisotopic (exact) mass is 1420 g/mol. The molecule has 2 unspecified atom stereocenters. The average molecular weight is 1420 g/mol. The first kappa shape index (κ1) is 73.3. The molecule has 0 saturated heterocycles. The smallest absolute Gasteiger partial charge is 0.361 e. The number of carbonyl (C=O) groups excluding carboxylic acids is 2. The molecule has 516 valence electrons. The van der Waals surface area contributed by atoms with Crippen molar-refractivity contribution in [1.82, 2.24) is 36.8 Å². The fourth-order valence-corrected chi connectivity index (χ4v) is 16.3. The van der Waals surface area contributed by atoms with Crippen LogP contribution in [0.4, 0.5) is 26.3 Å². The van der Waals surface area contributed by atoms with E-state index in [9.17, 15) is 63.3 Å². The van der Waals surface area contributed by atoms with Crippen LogP contribution in [0.5, 0.6) is 0 Å². The van der Waals surface area contributed by atoms with Gasteiger partial charge in [-0.15, -0.1) is 0 Å². The van der Waals surface area contributed by atoms with Crippen LogP contribution in [0.25, 0.3) is 43.9 Å². The van der Waals surface area contributed by atoms with E-state index < -0.39 is 72.4 Å². The van der Waals surface area contributed by atoms with Gasteiger partial charge in [-0.3, -0.25) is 9.59 Å². The first-order chi connectivity index (χ1) is 45.7. The molecule has 0 radical (unpaired) electrons. The maximum Gasteiger partial charge on any atom is 0.471 e. The lowest BCUT2D eigenvalue weighted by molar-refractivity contribution is -0.185. The largest absolute Gasteiger partial charge is 0.471 e. The molecule has 4 aromatic heterocycles. The predicted molar refractivity (Wildman–Crippen MR) is 369 cm³/mol. The van der Waals surface area contributed by atoms with Gasteiger partial charge in [0.15, 0.2) is 0 Å². The number of aryl methyl sites for hydroxylation is 6. The number of nitrogens with zero attached hydrogens (tertiary/aromatic N) is 10. The summed E-state index contributed by atoms with van der Waals surface area (Å²) in [5.74, 6) is -4.07. The van der Waals surface area contributed by atoms with E-state index in [1.165, 1.54) is 42.7 Å². The van der Waals surface area contributed by atoms with Crippen LogP contribution in [-0.4, -0.2) is 121 Å². The number of benzene rings is 6. The van der Waals surface area contributed by atoms with Crippen molar-refractivity contribution >= 4 is 91.9 Å². The Hall–Kier alpha value is -8.91. The predicted octanol–water partition coefficient (Wildman–Crippen LogP) is 14.9. The third-order valence-electron chi connectivity index (χ3n) is 17.1. The molecular weight excluding hydrogens is 1340 g/mol. The highest BCUT2D eigenvalue weighted by atomic mass is 32.2. The molecule has 2 amide bonds. The minimum atomic E-state index is -5.22. The highest BCUT2D eigenvalue weighted by Gasteiger charge is 2.47. The van der Waals surface area contributed by atoms with Crippen molar-refractivity contribution < 1.29 is 62.2 Å². The SMILES string of the molecule is Cc1ccc(S(=O)(=O)n2ccc3c(C(c4nc5cc(C#N)ccc5n4COCC[Si](C)(C)C)N(C)C(=O)C(F)(F)F)c(C)cc(C)c32)cc1.Cc1ccc(S(=O)(=O)n2ccc3c(C(c4nc5ccc(C#N)cc5n4COCC[Si](C)(C)C)N(C)C(=O)C(F)(F)F)c(C)cc(C)c32)cc1. The molecule has 28 heteroatoms. The lowest BCUT2D eigenvalue weighted by Gasteiger charge is -2.31. The van der Waals surface area contributed by atoms with Crippen molar-refractivity contribution in [2.75, 3.05) is 27.3 Å². The molecule has 0 N–H and O–H groups in total. The van der Waals surface area contributed by atoms with Gasteiger partial charge in [-0.1, -0.05) is 86.8 Å². The number of fused-ring (bicyclic) bond motifs is 4. The molecule has 6 aromatic carbocycles. The number of ether oxygens (including phenoxy) is 2. The number of alkyl halides is 6. The van der Waals surface area contributed by atoms with Crippen LogP contribution in [0, 0.1) is 64.2 Å². The Balaban J connectivity index is 0.000000229. The summed E-state index contributed by atoms with van der Waals surface area (Å²) in [5.41, 5.74) is 7.30. The standard InChI is InChI=1S/2C35H38F3N5O4SSi/c1-22-8-11-26(12-9-22)48(45,46)43-15-14-27-30(23(2)18-24(3)31(27)43)32(41(4)34(44)35(36,37)38)33-40-28-19-25(20-39)10-13-29(28)42(33)21-47-16-17-49(5,6)7;1-22-8-11-26(12-9-22)48(45,46)43-15-14-27-30(23(2)18-24(3)31(27)43)32(41(4)34(44)35(36,37)38)33-40-28-13-10-25(20-39)19-29(28)42(33)21-47-16-17-49(5,6)7/h2*8-15,18-19,32H,16-17,21H2,1-7H3. The zero-order valence-corrected chi connectivity index (χ0v) is 60.4. The molecule has 0 spiro atoms. The van der Waals surface area contributed by atoms with Gasteiger partial charge in [0.2, 0.25) is 0 Å². The van der Waals surface area contributed by atoms with Crippen LogP contribution in [0.15, 0.2) is 131 Å². The van der Waals surface area contributed by atoms with Crippen molar-refractivity contribution in [2.24, 2.45) is 0 Å². The van der Waals surface area contributed by atoms with Crippen LogP contribution in [-0.2, 0) is 52.6 Å². The first-order valence-electron chi connectivity index (χ1n) is 31.2. The lowest BCUT2D eigenvalue weighted by atomic mass is 9.93. The molecule has 0 bridgehead atoms. The van der Waals surface area contributed by atoms with E-state index in [0.717, 1.165) is 45.3 Å². The van der Waals surface area contributed by atoms with E-state index in [-0.39, 0.29) is 57.1 Å². The fraction of sp³-hybridized carbons (Fsp3) is 0.343. The Bertz CT molecular complexity index is 4860. The second-order valence-corrected chi connectivity index (χ2v) is 41.9. The quantitative estimate of drug-likeness (QED) is 0.0395. The molecule has 0 aliphatic heterocycles. The minimum Gasteiger partial charge on any atom is -0.361 e. The van der Waals surface area contributed by atoms with Gasteiger partial charge in [-0.25, -0.2) is 34.7 Å². The summed E-state index contributed by atoms with van der Waals surface area (Å²) in [7, 11) is -9.10. The van der Waals surface area contributed by atoms with Crippen molar-refractivity contribution in [3.8, 4) is 12.1 Å². The van der Waals surface area contributed by atoms with E-state index >= 15 is 0 Å². The molecular formula is C70H76F6N10O8S2Si2. The topological polar surface area (TPSA) is 220 Å². The summed E-state index contributed by atoms with van der Waals surface area (Å²) in [6.07, 6.45) is -7.69. The highest BCUT2D eigenvalue weighted by Crippen LogP contribution is 2.43. The Morgan fingerprint density at radius 3 is 1.29 bits per heavy atom. The number of aromatic nitrogens is 6. The van der Waals surface area contributed by atoms with E-state index in [1.807, 2.05) is 13.8 Å². The third kappa shape index (κ3) is 15.1. The van der Waals surface area contributed by atoms with Gasteiger partial charge in [-0.05, 0) is 160 Å². The number of hydrogen-bond acceptors (Lipinski definition) is 12. The summed E-state index contributed by atoms with van der Waals surface area (Å²) >= 11 is 0. The van der Waals surface area contributed by atoms with Crippen LogP contribution >= 0.6 is 0 Å². The third-order valence-corrected chi connectivity index (χ3v) is 23.9. The first-order valence-corrected chi connectivity index (χ1v) is 41.5. The molecule has 10 rings (SSSR count). The summed E-state index contributed by atoms with van der Waals surface area (Å²) in [6.45, 7) is 24.3. The van der Waals surface area contributed by atoms with E-state index in [1.54, 1.807) is 116 Å². The molecule has 10 aromatic rings. The Labute approximate surface area is 567 Å². The van der Waals surface area contributed by atoms with Gasteiger partial charge in [0.1, 0.15) is 37.2 Å². The molecule has 4 heterocycles. The fourth-order valence-electron chi connectivity index (χ4n) is 12.0. The van der Waals surface area contributed by atoms with Crippen LogP contribution in [0.3, 0.4) is 0 Å². The molecule has 18 nitrogen and oxygen atoms in total. The lowest BCUT2D eigenvalue weighted by Crippen LogP contribution is -2.42. The van der Waals surface area contributed by atoms with Crippen LogP contribution in [0.2, 0.25) is 51.4 Å². The average Bonchev–Trinajstić information content (AvgIpc) is 1.51.